The van der Waals surface area contributed by atoms with Gasteiger partial charge in [-0.1, -0.05) is 129 Å². The van der Waals surface area contributed by atoms with Crippen LogP contribution in [0.4, 0.5) is 0 Å². The van der Waals surface area contributed by atoms with Gasteiger partial charge >= 0.3 is 0 Å². The molecule has 1 aliphatic heterocycles. The second kappa shape index (κ2) is 26.3. The summed E-state index contributed by atoms with van der Waals surface area (Å²) in [6, 6.07) is -2.15. The van der Waals surface area contributed by atoms with Crippen molar-refractivity contribution < 1.29 is 35.4 Å². The molecular weight excluding hydrogens is 560 g/mol. The maximum Gasteiger partial charge on any atom is 0.220 e. The Balaban J connectivity index is 2.53. The van der Waals surface area contributed by atoms with E-state index in [0.717, 1.165) is 38.5 Å². The summed E-state index contributed by atoms with van der Waals surface area (Å²) in [5.74, 6) is -0.166. The molecule has 0 aromatic carbocycles. The van der Waals surface area contributed by atoms with Gasteiger partial charge in [-0.25, -0.2) is 0 Å². The third kappa shape index (κ3) is 17.8. The predicted molar refractivity (Wildman–Crippen MR) is 177 cm³/mol. The van der Waals surface area contributed by atoms with Crippen LogP contribution in [0, 0.1) is 0 Å². The number of aliphatic hydroxyl groups excluding tert-OH is 6. The molecule has 1 amide bonds. The minimum absolute atomic E-state index is 0.166. The van der Waals surface area contributed by atoms with Crippen molar-refractivity contribution in [1.29, 1.82) is 0 Å². The summed E-state index contributed by atoms with van der Waals surface area (Å²) in [5.41, 5.74) is 0. The standard InChI is InChI=1S/C35H70N2O7/c1-3-5-7-9-11-12-13-14-15-17-18-20-22-30(39)32(41)27(37-31(40)23-21-19-16-10-8-6-4-2)24-25-28-33(42)35(44)34(43)29(26-38)36-28/h27-30,32-36,38-39,41-44H,3-26H2,1-2H3,(H,37,40)/t27?,28?,29-,30?,32?,33+,34+,35-/m1/s1. The molecule has 9 nitrogen and oxygen atoms in total. The van der Waals surface area contributed by atoms with Crippen molar-refractivity contribution in [1.82, 2.24) is 10.6 Å². The lowest BCUT2D eigenvalue weighted by atomic mass is 9.86. The van der Waals surface area contributed by atoms with Crippen molar-refractivity contribution >= 4 is 5.91 Å². The third-order valence-electron chi connectivity index (χ3n) is 9.45. The largest absolute Gasteiger partial charge is 0.395 e. The fourth-order valence-electron chi connectivity index (χ4n) is 6.41. The molecule has 1 heterocycles. The van der Waals surface area contributed by atoms with Gasteiger partial charge in [0, 0.05) is 12.5 Å². The van der Waals surface area contributed by atoms with Crippen LogP contribution in [0.2, 0.25) is 0 Å². The maximum atomic E-state index is 12.8. The molecule has 1 fully saturated rings. The van der Waals surface area contributed by atoms with Crippen molar-refractivity contribution in [2.75, 3.05) is 6.61 Å². The van der Waals surface area contributed by atoms with E-state index < -0.39 is 55.3 Å². The van der Waals surface area contributed by atoms with Crippen molar-refractivity contribution in [3.63, 3.8) is 0 Å². The van der Waals surface area contributed by atoms with Crippen LogP contribution in [0.5, 0.6) is 0 Å². The summed E-state index contributed by atoms with van der Waals surface area (Å²) >= 11 is 0. The first kappa shape index (κ1) is 41.2. The summed E-state index contributed by atoms with van der Waals surface area (Å²) in [5, 5.41) is 68.3. The highest BCUT2D eigenvalue weighted by atomic mass is 16.4. The number of piperidine rings is 1. The van der Waals surface area contributed by atoms with Crippen LogP contribution in [0.3, 0.4) is 0 Å². The van der Waals surface area contributed by atoms with E-state index in [4.69, 9.17) is 0 Å². The zero-order valence-corrected chi connectivity index (χ0v) is 28.2. The van der Waals surface area contributed by atoms with E-state index in [1.165, 1.54) is 83.5 Å². The molecule has 44 heavy (non-hydrogen) atoms. The molecule has 0 spiro atoms. The zero-order chi connectivity index (χ0) is 32.6. The SMILES string of the molecule is CCCCCCCCCCCCCCC(O)C(O)C(CCC1N[C@H](CO)[C@H](O)[C@H](O)[C@H]1O)NC(=O)CCCCCCCCC. The van der Waals surface area contributed by atoms with Gasteiger partial charge in [0.05, 0.1) is 43.1 Å². The van der Waals surface area contributed by atoms with E-state index in [1.807, 2.05) is 0 Å². The molecule has 0 aromatic heterocycles. The maximum absolute atomic E-state index is 12.8. The molecule has 0 aliphatic carbocycles. The lowest BCUT2D eigenvalue weighted by Crippen LogP contribution is -2.66. The monoisotopic (exact) mass is 631 g/mol. The summed E-state index contributed by atoms with van der Waals surface area (Å²) in [6.07, 6.45) is 17.5. The number of nitrogens with one attached hydrogen (secondary N) is 2. The molecule has 0 radical (unpaired) electrons. The average Bonchev–Trinajstić information content (AvgIpc) is 3.02. The quantitative estimate of drug-likeness (QED) is 0.0581. The van der Waals surface area contributed by atoms with Gasteiger partial charge in [0.25, 0.3) is 0 Å². The highest BCUT2D eigenvalue weighted by molar-refractivity contribution is 5.76. The zero-order valence-electron chi connectivity index (χ0n) is 28.2. The van der Waals surface area contributed by atoms with Gasteiger partial charge in [0.1, 0.15) is 6.10 Å². The van der Waals surface area contributed by atoms with Gasteiger partial charge in [0.2, 0.25) is 5.91 Å². The Morgan fingerprint density at radius 3 is 1.59 bits per heavy atom. The smallest absolute Gasteiger partial charge is 0.220 e. The molecule has 0 aromatic rings. The summed E-state index contributed by atoms with van der Waals surface area (Å²) in [4.78, 5) is 12.8. The first-order valence-corrected chi connectivity index (χ1v) is 18.3. The van der Waals surface area contributed by atoms with Crippen LogP contribution in [0.25, 0.3) is 0 Å². The van der Waals surface area contributed by atoms with Crippen molar-refractivity contribution in [2.24, 2.45) is 0 Å². The van der Waals surface area contributed by atoms with Crippen molar-refractivity contribution in [2.45, 2.75) is 210 Å². The Morgan fingerprint density at radius 1 is 0.636 bits per heavy atom. The first-order chi connectivity index (χ1) is 21.3. The van der Waals surface area contributed by atoms with E-state index in [0.29, 0.717) is 12.8 Å². The topological polar surface area (TPSA) is 163 Å². The van der Waals surface area contributed by atoms with Gasteiger partial charge in [-0.05, 0) is 25.7 Å². The Bertz CT molecular complexity index is 683. The molecule has 8 atom stereocenters. The van der Waals surface area contributed by atoms with E-state index in [2.05, 4.69) is 24.5 Å². The van der Waals surface area contributed by atoms with Gasteiger partial charge < -0.3 is 41.3 Å². The van der Waals surface area contributed by atoms with Crippen LogP contribution < -0.4 is 10.6 Å². The molecule has 1 rings (SSSR count). The summed E-state index contributed by atoms with van der Waals surface area (Å²) in [7, 11) is 0. The Labute approximate surface area is 268 Å². The second-order valence-corrected chi connectivity index (χ2v) is 13.4. The normalized spacial score (nSPS) is 24.2. The van der Waals surface area contributed by atoms with Crippen LogP contribution in [-0.2, 0) is 4.79 Å². The Kier molecular flexibility index (Phi) is 24.6. The summed E-state index contributed by atoms with van der Waals surface area (Å²) < 4.78 is 0. The lowest BCUT2D eigenvalue weighted by Gasteiger charge is -2.41. The molecule has 0 saturated carbocycles. The van der Waals surface area contributed by atoms with Crippen LogP contribution in [0.15, 0.2) is 0 Å². The fourth-order valence-corrected chi connectivity index (χ4v) is 6.41. The number of rotatable bonds is 28. The minimum Gasteiger partial charge on any atom is -0.395 e. The molecular formula is C35H70N2O7. The lowest BCUT2D eigenvalue weighted by molar-refractivity contribution is -0.125. The molecule has 1 saturated heterocycles. The molecule has 0 bridgehead atoms. The fraction of sp³-hybridized carbons (Fsp3) is 0.971. The van der Waals surface area contributed by atoms with E-state index >= 15 is 0 Å². The first-order valence-electron chi connectivity index (χ1n) is 18.3. The number of aliphatic hydroxyl groups is 6. The molecule has 9 heteroatoms. The van der Waals surface area contributed by atoms with Gasteiger partial charge in [-0.3, -0.25) is 4.79 Å². The molecule has 8 N–H and O–H groups in total. The van der Waals surface area contributed by atoms with E-state index in [-0.39, 0.29) is 18.7 Å². The predicted octanol–water partition coefficient (Wildman–Crippen LogP) is 4.62. The number of hydrogen-bond acceptors (Lipinski definition) is 8. The van der Waals surface area contributed by atoms with Crippen LogP contribution in [0.1, 0.15) is 162 Å². The van der Waals surface area contributed by atoms with Crippen molar-refractivity contribution in [3.05, 3.63) is 0 Å². The van der Waals surface area contributed by atoms with Crippen LogP contribution >= 0.6 is 0 Å². The molecule has 4 unspecified atom stereocenters. The van der Waals surface area contributed by atoms with Crippen LogP contribution in [-0.4, -0.2) is 91.8 Å². The highest BCUT2D eigenvalue weighted by Crippen LogP contribution is 2.22. The molecule has 1 aliphatic rings. The number of hydrogen-bond donors (Lipinski definition) is 8. The van der Waals surface area contributed by atoms with Gasteiger partial charge in [-0.2, -0.15) is 0 Å². The number of carbonyl (C=O) groups is 1. The van der Waals surface area contributed by atoms with E-state index in [9.17, 15) is 35.4 Å². The highest BCUT2D eigenvalue weighted by Gasteiger charge is 2.42. The van der Waals surface area contributed by atoms with Gasteiger partial charge in [-0.15, -0.1) is 0 Å². The summed E-state index contributed by atoms with van der Waals surface area (Å²) in [6.45, 7) is 4.03. The van der Waals surface area contributed by atoms with Gasteiger partial charge in [0.15, 0.2) is 0 Å². The Hall–Kier alpha value is -0.810. The minimum atomic E-state index is -1.41. The number of carbonyl (C=O) groups excluding carboxylic acids is 1. The van der Waals surface area contributed by atoms with Crippen molar-refractivity contribution in [3.8, 4) is 0 Å². The Morgan fingerprint density at radius 2 is 1.09 bits per heavy atom. The average molecular weight is 631 g/mol. The number of unbranched alkanes of at least 4 members (excludes halogenated alkanes) is 17. The third-order valence-corrected chi connectivity index (χ3v) is 9.45. The number of amides is 1. The van der Waals surface area contributed by atoms with E-state index in [1.54, 1.807) is 0 Å². The second-order valence-electron chi connectivity index (χ2n) is 13.4. The molecule has 262 valence electrons.